The van der Waals surface area contributed by atoms with Gasteiger partial charge in [0.25, 0.3) is 0 Å². The van der Waals surface area contributed by atoms with Gasteiger partial charge in [0.2, 0.25) is 0 Å². The van der Waals surface area contributed by atoms with E-state index in [4.69, 9.17) is 9.47 Å². The van der Waals surface area contributed by atoms with Crippen molar-refractivity contribution in [1.82, 2.24) is 14.5 Å². The SMILES string of the molecule is COc1cccc(CN2CCN(c3ccccc3C(O)c3nccn3C)CC2)c1OC. The average molecular weight is 423 g/mol. The van der Waals surface area contributed by atoms with E-state index < -0.39 is 6.10 Å². The van der Waals surface area contributed by atoms with Gasteiger partial charge in [-0.1, -0.05) is 30.3 Å². The Morgan fingerprint density at radius 2 is 1.77 bits per heavy atom. The number of imidazole rings is 1. The fourth-order valence-electron chi connectivity index (χ4n) is 4.25. The van der Waals surface area contributed by atoms with Crippen LogP contribution in [0.4, 0.5) is 5.69 Å². The first-order chi connectivity index (χ1) is 15.1. The van der Waals surface area contributed by atoms with Crippen molar-refractivity contribution in [2.45, 2.75) is 12.6 Å². The third kappa shape index (κ3) is 4.38. The molecule has 7 heteroatoms. The lowest BCUT2D eigenvalue weighted by atomic mass is 10.0. The van der Waals surface area contributed by atoms with Crippen molar-refractivity contribution in [2.24, 2.45) is 7.05 Å². The number of ether oxygens (including phenoxy) is 2. The molecule has 1 aromatic heterocycles. The molecule has 31 heavy (non-hydrogen) atoms. The molecule has 1 atom stereocenters. The fourth-order valence-corrected chi connectivity index (χ4v) is 4.25. The van der Waals surface area contributed by atoms with Gasteiger partial charge < -0.3 is 24.0 Å². The molecule has 1 aliphatic rings. The molecule has 0 aliphatic carbocycles. The van der Waals surface area contributed by atoms with Gasteiger partial charge in [-0.3, -0.25) is 4.90 Å². The normalized spacial score (nSPS) is 15.7. The van der Waals surface area contributed by atoms with Crippen molar-refractivity contribution in [3.05, 3.63) is 71.8 Å². The Hall–Kier alpha value is -3.03. The van der Waals surface area contributed by atoms with Crippen LogP contribution in [0.3, 0.4) is 0 Å². The first kappa shape index (κ1) is 21.2. The van der Waals surface area contributed by atoms with Crippen LogP contribution >= 0.6 is 0 Å². The highest BCUT2D eigenvalue weighted by molar-refractivity contribution is 5.56. The van der Waals surface area contributed by atoms with Crippen molar-refractivity contribution in [2.75, 3.05) is 45.3 Å². The number of aryl methyl sites for hydroxylation is 1. The van der Waals surface area contributed by atoms with E-state index in [1.807, 2.05) is 48.1 Å². The van der Waals surface area contributed by atoms with E-state index in [0.29, 0.717) is 5.82 Å². The molecule has 0 saturated carbocycles. The number of anilines is 1. The molecule has 1 aliphatic heterocycles. The van der Waals surface area contributed by atoms with Crippen LogP contribution in [-0.4, -0.2) is 60.0 Å². The molecule has 3 aromatic rings. The zero-order chi connectivity index (χ0) is 21.8. The monoisotopic (exact) mass is 422 g/mol. The number of hydrogen-bond donors (Lipinski definition) is 1. The molecule has 2 aromatic carbocycles. The molecule has 1 fully saturated rings. The number of aliphatic hydroxyl groups excluding tert-OH is 1. The minimum atomic E-state index is -0.754. The van der Waals surface area contributed by atoms with Crippen LogP contribution in [0, 0.1) is 0 Å². The second-order valence-electron chi connectivity index (χ2n) is 7.77. The zero-order valence-electron chi connectivity index (χ0n) is 18.4. The number of benzene rings is 2. The summed E-state index contributed by atoms with van der Waals surface area (Å²) in [5.74, 6) is 2.21. The van der Waals surface area contributed by atoms with Gasteiger partial charge in [-0.05, 0) is 12.1 Å². The van der Waals surface area contributed by atoms with E-state index in [0.717, 1.165) is 61.0 Å². The Kier molecular flexibility index (Phi) is 6.44. The van der Waals surface area contributed by atoms with Gasteiger partial charge >= 0.3 is 0 Å². The molecule has 1 saturated heterocycles. The summed E-state index contributed by atoms with van der Waals surface area (Å²) < 4.78 is 12.9. The van der Waals surface area contributed by atoms with Gasteiger partial charge in [0.1, 0.15) is 11.9 Å². The maximum Gasteiger partial charge on any atom is 0.165 e. The molecule has 4 rings (SSSR count). The lowest BCUT2D eigenvalue weighted by Crippen LogP contribution is -2.46. The zero-order valence-corrected chi connectivity index (χ0v) is 18.4. The second kappa shape index (κ2) is 9.41. The molecule has 1 unspecified atom stereocenters. The van der Waals surface area contributed by atoms with Crippen LogP contribution in [0.5, 0.6) is 11.5 Å². The number of aromatic nitrogens is 2. The molecule has 0 spiro atoms. The lowest BCUT2D eigenvalue weighted by molar-refractivity contribution is 0.205. The lowest BCUT2D eigenvalue weighted by Gasteiger charge is -2.37. The van der Waals surface area contributed by atoms with Gasteiger partial charge in [-0.25, -0.2) is 4.98 Å². The van der Waals surface area contributed by atoms with Crippen molar-refractivity contribution in [3.8, 4) is 11.5 Å². The quantitative estimate of drug-likeness (QED) is 0.632. The summed E-state index contributed by atoms with van der Waals surface area (Å²) in [5.41, 5.74) is 3.08. The number of hydrogen-bond acceptors (Lipinski definition) is 6. The number of piperazine rings is 1. The van der Waals surface area contributed by atoms with E-state index in [1.165, 1.54) is 0 Å². The Balaban J connectivity index is 1.46. The van der Waals surface area contributed by atoms with Crippen LogP contribution in [0.2, 0.25) is 0 Å². The van der Waals surface area contributed by atoms with Gasteiger partial charge in [0.05, 0.1) is 14.2 Å². The van der Waals surface area contributed by atoms with E-state index in [-0.39, 0.29) is 0 Å². The van der Waals surface area contributed by atoms with E-state index in [9.17, 15) is 5.11 Å². The summed E-state index contributed by atoms with van der Waals surface area (Å²) in [5, 5.41) is 11.0. The van der Waals surface area contributed by atoms with Crippen molar-refractivity contribution in [3.63, 3.8) is 0 Å². The number of rotatable bonds is 7. The Bertz CT molecular complexity index is 1010. The van der Waals surface area contributed by atoms with Crippen LogP contribution in [-0.2, 0) is 13.6 Å². The Labute approximate surface area is 183 Å². The first-order valence-electron chi connectivity index (χ1n) is 10.5. The summed E-state index contributed by atoms with van der Waals surface area (Å²) in [6.45, 7) is 4.43. The number of para-hydroxylation sites is 2. The van der Waals surface area contributed by atoms with Crippen LogP contribution < -0.4 is 14.4 Å². The van der Waals surface area contributed by atoms with Gasteiger partial charge in [-0.2, -0.15) is 0 Å². The van der Waals surface area contributed by atoms with Crippen molar-refractivity contribution < 1.29 is 14.6 Å². The maximum absolute atomic E-state index is 11.0. The summed E-state index contributed by atoms with van der Waals surface area (Å²) in [6, 6.07) is 14.1. The largest absolute Gasteiger partial charge is 0.493 e. The fraction of sp³-hybridized carbons (Fsp3) is 0.375. The highest BCUT2D eigenvalue weighted by Gasteiger charge is 2.24. The van der Waals surface area contributed by atoms with Gasteiger partial charge in [0.15, 0.2) is 11.5 Å². The smallest absolute Gasteiger partial charge is 0.165 e. The third-order valence-corrected chi connectivity index (χ3v) is 5.93. The van der Waals surface area contributed by atoms with E-state index >= 15 is 0 Å². The minimum Gasteiger partial charge on any atom is -0.493 e. The topological polar surface area (TPSA) is 63.0 Å². The summed E-state index contributed by atoms with van der Waals surface area (Å²) in [6.07, 6.45) is 2.81. The van der Waals surface area contributed by atoms with Gasteiger partial charge in [0, 0.05) is 69.0 Å². The summed E-state index contributed by atoms with van der Waals surface area (Å²) in [4.78, 5) is 9.10. The number of aliphatic hydroxyl groups is 1. The molecule has 0 bridgehead atoms. The Morgan fingerprint density at radius 3 is 2.45 bits per heavy atom. The molecule has 0 radical (unpaired) electrons. The minimum absolute atomic E-state index is 0.649. The summed E-state index contributed by atoms with van der Waals surface area (Å²) >= 11 is 0. The first-order valence-corrected chi connectivity index (χ1v) is 10.5. The van der Waals surface area contributed by atoms with Crippen molar-refractivity contribution in [1.29, 1.82) is 0 Å². The van der Waals surface area contributed by atoms with E-state index in [2.05, 4.69) is 26.9 Å². The predicted molar refractivity (Wildman–Crippen MR) is 121 cm³/mol. The highest BCUT2D eigenvalue weighted by Crippen LogP contribution is 2.33. The molecule has 7 nitrogen and oxygen atoms in total. The third-order valence-electron chi connectivity index (χ3n) is 5.93. The second-order valence-corrected chi connectivity index (χ2v) is 7.77. The molecular weight excluding hydrogens is 392 g/mol. The van der Waals surface area contributed by atoms with Crippen LogP contribution in [0.25, 0.3) is 0 Å². The van der Waals surface area contributed by atoms with Crippen LogP contribution in [0.1, 0.15) is 23.1 Å². The Morgan fingerprint density at radius 1 is 1.00 bits per heavy atom. The predicted octanol–water partition coefficient (Wildman–Crippen LogP) is 2.84. The van der Waals surface area contributed by atoms with Gasteiger partial charge in [-0.15, -0.1) is 0 Å². The average Bonchev–Trinajstić information content (AvgIpc) is 3.24. The summed E-state index contributed by atoms with van der Waals surface area (Å²) in [7, 11) is 5.25. The number of methoxy groups -OCH3 is 2. The highest BCUT2D eigenvalue weighted by atomic mass is 16.5. The maximum atomic E-state index is 11.0. The van der Waals surface area contributed by atoms with Crippen LogP contribution in [0.15, 0.2) is 54.9 Å². The molecule has 0 amide bonds. The number of nitrogens with zero attached hydrogens (tertiary/aromatic N) is 4. The van der Waals surface area contributed by atoms with Crippen molar-refractivity contribution >= 4 is 5.69 Å². The molecule has 2 heterocycles. The standard InChI is InChI=1S/C24H30N4O3/c1-26-12-11-25-24(26)22(29)19-8-4-5-9-20(19)28-15-13-27(14-16-28)17-18-7-6-10-21(30-2)23(18)31-3/h4-12,22,29H,13-17H2,1-3H3. The molecular formula is C24H30N4O3. The molecule has 164 valence electrons. The molecule has 1 N–H and O–H groups in total. The van der Waals surface area contributed by atoms with E-state index in [1.54, 1.807) is 20.4 Å².